The normalized spacial score (nSPS) is 19.3. The van der Waals surface area contributed by atoms with Crippen molar-refractivity contribution in [2.75, 3.05) is 0 Å². The standard InChI is InChI=1S/C21H26O3/c22-16-20-21(24-20)19-14-8-7-11-17(19)10-5-3-1-2-4-6-12-18-13-9-15-23-18/h7-9,11,13-16,20-21H,1-6,10,12H2. The van der Waals surface area contributed by atoms with Gasteiger partial charge in [-0.05, 0) is 42.5 Å². The van der Waals surface area contributed by atoms with Gasteiger partial charge in [0, 0.05) is 6.42 Å². The third-order valence-corrected chi connectivity index (χ3v) is 4.72. The van der Waals surface area contributed by atoms with Crippen LogP contribution >= 0.6 is 0 Å². The highest BCUT2D eigenvalue weighted by Crippen LogP contribution is 2.39. The van der Waals surface area contributed by atoms with E-state index in [1.54, 1.807) is 6.26 Å². The summed E-state index contributed by atoms with van der Waals surface area (Å²) in [5, 5.41) is 0. The Morgan fingerprint density at radius 3 is 2.33 bits per heavy atom. The summed E-state index contributed by atoms with van der Waals surface area (Å²) in [6.07, 6.45) is 12.1. The molecular weight excluding hydrogens is 300 g/mol. The highest BCUT2D eigenvalue weighted by Gasteiger charge is 2.40. The van der Waals surface area contributed by atoms with Gasteiger partial charge in [0.2, 0.25) is 0 Å². The van der Waals surface area contributed by atoms with E-state index in [0.29, 0.717) is 0 Å². The van der Waals surface area contributed by atoms with Gasteiger partial charge in [-0.15, -0.1) is 0 Å². The van der Waals surface area contributed by atoms with Crippen LogP contribution in [0.2, 0.25) is 0 Å². The number of hydrogen-bond donors (Lipinski definition) is 0. The molecule has 3 heteroatoms. The lowest BCUT2D eigenvalue weighted by atomic mass is 9.97. The van der Waals surface area contributed by atoms with Crippen LogP contribution in [0, 0.1) is 0 Å². The summed E-state index contributed by atoms with van der Waals surface area (Å²) in [5.41, 5.74) is 2.54. The third kappa shape index (κ3) is 4.81. The molecule has 2 aromatic rings. The SMILES string of the molecule is O=CC1OC1c1ccccc1CCCCCCCCc1ccco1. The molecular formula is C21H26O3. The van der Waals surface area contributed by atoms with E-state index in [9.17, 15) is 4.79 Å². The first-order valence-corrected chi connectivity index (χ1v) is 9.09. The van der Waals surface area contributed by atoms with E-state index in [-0.39, 0.29) is 12.2 Å². The molecule has 0 spiro atoms. The molecule has 0 N–H and O–H groups in total. The molecule has 2 heterocycles. The van der Waals surface area contributed by atoms with Crippen LogP contribution in [0.3, 0.4) is 0 Å². The lowest BCUT2D eigenvalue weighted by molar-refractivity contribution is -0.108. The van der Waals surface area contributed by atoms with Gasteiger partial charge in [-0.2, -0.15) is 0 Å². The highest BCUT2D eigenvalue weighted by molar-refractivity contribution is 5.62. The number of rotatable bonds is 11. The molecule has 0 bridgehead atoms. The van der Waals surface area contributed by atoms with Crippen LogP contribution in [0.25, 0.3) is 0 Å². The number of unbranched alkanes of at least 4 members (excludes halogenated alkanes) is 5. The largest absolute Gasteiger partial charge is 0.469 e. The van der Waals surface area contributed by atoms with Gasteiger partial charge in [-0.3, -0.25) is 0 Å². The molecule has 0 saturated carbocycles. The number of aldehydes is 1. The van der Waals surface area contributed by atoms with Crippen LogP contribution in [0.15, 0.2) is 47.1 Å². The van der Waals surface area contributed by atoms with Crippen molar-refractivity contribution < 1.29 is 13.9 Å². The average molecular weight is 326 g/mol. The van der Waals surface area contributed by atoms with Crippen molar-refractivity contribution >= 4 is 6.29 Å². The van der Waals surface area contributed by atoms with Crippen molar-refractivity contribution in [1.29, 1.82) is 0 Å². The molecule has 0 aliphatic carbocycles. The summed E-state index contributed by atoms with van der Waals surface area (Å²) < 4.78 is 10.8. The third-order valence-electron chi connectivity index (χ3n) is 4.72. The number of aryl methyl sites for hydroxylation is 2. The summed E-state index contributed by atoms with van der Waals surface area (Å²) >= 11 is 0. The van der Waals surface area contributed by atoms with E-state index >= 15 is 0 Å². The number of ether oxygens (including phenoxy) is 1. The number of carbonyl (C=O) groups is 1. The molecule has 1 aliphatic rings. The average Bonchev–Trinajstić information content (AvgIpc) is 3.22. The van der Waals surface area contributed by atoms with Crippen LogP contribution in [0.5, 0.6) is 0 Å². The molecule has 1 saturated heterocycles. The predicted molar refractivity (Wildman–Crippen MR) is 93.9 cm³/mol. The summed E-state index contributed by atoms with van der Waals surface area (Å²) in [6, 6.07) is 12.4. The second-order valence-corrected chi connectivity index (χ2v) is 6.56. The smallest absolute Gasteiger partial charge is 0.151 e. The van der Waals surface area contributed by atoms with Gasteiger partial charge in [-0.25, -0.2) is 0 Å². The molecule has 0 radical (unpaired) electrons. The Kier molecular flexibility index (Phi) is 6.25. The molecule has 1 fully saturated rings. The molecule has 2 atom stereocenters. The number of hydrogen-bond acceptors (Lipinski definition) is 3. The Morgan fingerprint density at radius 1 is 0.875 bits per heavy atom. The van der Waals surface area contributed by atoms with E-state index in [0.717, 1.165) is 24.9 Å². The van der Waals surface area contributed by atoms with Crippen LogP contribution in [0.1, 0.15) is 61.5 Å². The van der Waals surface area contributed by atoms with Crippen LogP contribution in [-0.2, 0) is 22.4 Å². The molecule has 1 aromatic carbocycles. The summed E-state index contributed by atoms with van der Waals surface area (Å²) in [5.74, 6) is 1.10. The van der Waals surface area contributed by atoms with Crippen molar-refractivity contribution in [2.45, 2.75) is 63.6 Å². The minimum atomic E-state index is -0.222. The van der Waals surface area contributed by atoms with Crippen molar-refractivity contribution in [2.24, 2.45) is 0 Å². The molecule has 1 aliphatic heterocycles. The Bertz CT molecular complexity index is 618. The van der Waals surface area contributed by atoms with Crippen LogP contribution in [-0.4, -0.2) is 12.4 Å². The maximum atomic E-state index is 10.8. The Morgan fingerprint density at radius 2 is 1.62 bits per heavy atom. The summed E-state index contributed by atoms with van der Waals surface area (Å²) in [6.45, 7) is 0. The lowest BCUT2D eigenvalue weighted by Crippen LogP contribution is -1.96. The fourth-order valence-electron chi connectivity index (χ4n) is 3.29. The number of furan rings is 1. The Labute approximate surface area is 144 Å². The van der Waals surface area contributed by atoms with Gasteiger partial charge >= 0.3 is 0 Å². The molecule has 3 rings (SSSR count). The van der Waals surface area contributed by atoms with Gasteiger partial charge < -0.3 is 13.9 Å². The molecule has 2 unspecified atom stereocenters. The fourth-order valence-corrected chi connectivity index (χ4v) is 3.29. The quantitative estimate of drug-likeness (QED) is 0.330. The summed E-state index contributed by atoms with van der Waals surface area (Å²) in [4.78, 5) is 10.8. The minimum absolute atomic E-state index is 0.000278. The summed E-state index contributed by atoms with van der Waals surface area (Å²) in [7, 11) is 0. The zero-order valence-corrected chi connectivity index (χ0v) is 14.2. The van der Waals surface area contributed by atoms with E-state index in [2.05, 4.69) is 24.3 Å². The first-order valence-electron chi connectivity index (χ1n) is 9.09. The second kappa shape index (κ2) is 8.84. The van der Waals surface area contributed by atoms with Crippen molar-refractivity contribution in [3.8, 4) is 0 Å². The second-order valence-electron chi connectivity index (χ2n) is 6.56. The number of epoxide rings is 1. The van der Waals surface area contributed by atoms with Gasteiger partial charge in [0.25, 0.3) is 0 Å². The molecule has 128 valence electrons. The minimum Gasteiger partial charge on any atom is -0.469 e. The van der Waals surface area contributed by atoms with Crippen molar-refractivity contribution in [3.63, 3.8) is 0 Å². The van der Waals surface area contributed by atoms with E-state index < -0.39 is 0 Å². The fraction of sp³-hybridized carbons (Fsp3) is 0.476. The monoisotopic (exact) mass is 326 g/mol. The van der Waals surface area contributed by atoms with Gasteiger partial charge in [0.05, 0.1) is 6.26 Å². The zero-order chi connectivity index (χ0) is 16.6. The van der Waals surface area contributed by atoms with Crippen molar-refractivity contribution in [1.82, 2.24) is 0 Å². The topological polar surface area (TPSA) is 42.7 Å². The molecule has 1 aromatic heterocycles. The van der Waals surface area contributed by atoms with E-state index in [1.165, 1.54) is 49.7 Å². The first kappa shape index (κ1) is 17.0. The molecule has 24 heavy (non-hydrogen) atoms. The number of carbonyl (C=O) groups excluding carboxylic acids is 1. The zero-order valence-electron chi connectivity index (χ0n) is 14.2. The maximum Gasteiger partial charge on any atom is 0.151 e. The Balaban J connectivity index is 1.29. The van der Waals surface area contributed by atoms with Crippen LogP contribution in [0.4, 0.5) is 0 Å². The van der Waals surface area contributed by atoms with Crippen LogP contribution < -0.4 is 0 Å². The van der Waals surface area contributed by atoms with Gasteiger partial charge in [-0.1, -0.05) is 49.9 Å². The van der Waals surface area contributed by atoms with Gasteiger partial charge in [0.1, 0.15) is 18.0 Å². The van der Waals surface area contributed by atoms with Crippen molar-refractivity contribution in [3.05, 3.63) is 59.5 Å². The first-order chi connectivity index (χ1) is 11.9. The Hall–Kier alpha value is -1.87. The highest BCUT2D eigenvalue weighted by atomic mass is 16.6. The van der Waals surface area contributed by atoms with E-state index in [1.807, 2.05) is 12.1 Å². The lowest BCUT2D eigenvalue weighted by Gasteiger charge is -2.07. The maximum absolute atomic E-state index is 10.8. The predicted octanol–water partition coefficient (Wildman–Crippen LogP) is 5.04. The number of benzene rings is 1. The van der Waals surface area contributed by atoms with E-state index in [4.69, 9.17) is 9.15 Å². The molecule has 3 nitrogen and oxygen atoms in total. The molecule has 0 amide bonds. The van der Waals surface area contributed by atoms with Gasteiger partial charge in [0.15, 0.2) is 6.29 Å².